The molecule has 0 heterocycles. The van der Waals surface area contributed by atoms with Gasteiger partial charge in [0.2, 0.25) is 0 Å². The van der Waals surface area contributed by atoms with Crippen LogP contribution in [0.25, 0.3) is 28.0 Å². The number of fused-ring (bicyclic) bond motifs is 1. The number of methoxy groups -OCH3 is 1. The molecule has 0 aliphatic rings. The molecule has 1 N–H and O–H groups in total. The lowest BCUT2D eigenvalue weighted by atomic mass is 9.99. The molecular weight excluding hydrogens is 376 g/mol. The summed E-state index contributed by atoms with van der Waals surface area (Å²) >= 11 is 0. The largest absolute Gasteiger partial charge is 0.497 e. The van der Waals surface area contributed by atoms with Crippen molar-refractivity contribution >= 4 is 22.8 Å². The predicted octanol–water partition coefficient (Wildman–Crippen LogP) is 6.41. The molecule has 4 aromatic carbocycles. The Morgan fingerprint density at radius 1 is 0.867 bits per heavy atom. The van der Waals surface area contributed by atoms with Crippen LogP contribution in [-0.4, -0.2) is 18.2 Å². The molecular formula is C26H20O4. The van der Waals surface area contributed by atoms with Crippen molar-refractivity contribution in [3.8, 4) is 28.4 Å². The maximum atomic E-state index is 10.7. The quantitative estimate of drug-likeness (QED) is 0.383. The van der Waals surface area contributed by atoms with Crippen molar-refractivity contribution in [2.45, 2.75) is 0 Å². The highest BCUT2D eigenvalue weighted by molar-refractivity contribution is 5.95. The Morgan fingerprint density at radius 3 is 2.43 bits per heavy atom. The zero-order chi connectivity index (χ0) is 20.9. The highest BCUT2D eigenvalue weighted by atomic mass is 16.5. The number of aliphatic carboxylic acids is 1. The first-order chi connectivity index (χ1) is 14.6. The van der Waals surface area contributed by atoms with Gasteiger partial charge < -0.3 is 14.6 Å². The smallest absolute Gasteiger partial charge is 0.328 e. The van der Waals surface area contributed by atoms with Crippen LogP contribution in [0, 0.1) is 0 Å². The topological polar surface area (TPSA) is 55.8 Å². The van der Waals surface area contributed by atoms with Crippen LogP contribution >= 0.6 is 0 Å². The standard InChI is InChI=1S/C26H20O4/c1-29-22-7-4-6-20(17-22)24-15-12-19-5-2-3-8-23(19)26(24)30-21-13-9-18(10-14-21)11-16-25(27)28/h2-17H,1H3,(H,27,28). The van der Waals surface area contributed by atoms with Gasteiger partial charge in [-0.3, -0.25) is 0 Å². The summed E-state index contributed by atoms with van der Waals surface area (Å²) in [5.74, 6) is 1.23. The Kier molecular flexibility index (Phi) is 5.48. The van der Waals surface area contributed by atoms with Gasteiger partial charge in [-0.2, -0.15) is 0 Å². The number of ether oxygens (including phenoxy) is 2. The third-order valence-corrected chi connectivity index (χ3v) is 4.78. The van der Waals surface area contributed by atoms with Gasteiger partial charge in [-0.25, -0.2) is 4.79 Å². The Hall–Kier alpha value is -4.05. The summed E-state index contributed by atoms with van der Waals surface area (Å²) in [6.07, 6.45) is 2.66. The molecule has 30 heavy (non-hydrogen) atoms. The third kappa shape index (κ3) is 4.18. The molecule has 4 aromatic rings. The van der Waals surface area contributed by atoms with Crippen molar-refractivity contribution in [2.75, 3.05) is 7.11 Å². The summed E-state index contributed by atoms with van der Waals surface area (Å²) in [4.78, 5) is 10.7. The second kappa shape index (κ2) is 8.53. The number of benzene rings is 4. The minimum Gasteiger partial charge on any atom is -0.497 e. The van der Waals surface area contributed by atoms with E-state index in [1.54, 1.807) is 13.2 Å². The average molecular weight is 396 g/mol. The number of carbonyl (C=O) groups is 1. The first kappa shape index (κ1) is 19.3. The van der Waals surface area contributed by atoms with Gasteiger partial charge >= 0.3 is 5.97 Å². The van der Waals surface area contributed by atoms with Gasteiger partial charge in [-0.15, -0.1) is 0 Å². The fourth-order valence-electron chi connectivity index (χ4n) is 3.30. The summed E-state index contributed by atoms with van der Waals surface area (Å²) in [5.41, 5.74) is 2.74. The molecule has 4 rings (SSSR count). The van der Waals surface area contributed by atoms with Gasteiger partial charge in [-0.1, -0.05) is 54.6 Å². The number of carboxylic acid groups (broad SMARTS) is 1. The number of rotatable bonds is 6. The van der Waals surface area contributed by atoms with Crippen LogP contribution in [0.1, 0.15) is 5.56 Å². The molecule has 0 aromatic heterocycles. The monoisotopic (exact) mass is 396 g/mol. The van der Waals surface area contributed by atoms with E-state index in [1.807, 2.05) is 66.7 Å². The lowest BCUT2D eigenvalue weighted by Gasteiger charge is -2.15. The second-order valence-electron chi connectivity index (χ2n) is 6.74. The Balaban J connectivity index is 1.77. The summed E-state index contributed by atoms with van der Waals surface area (Å²) in [6, 6.07) is 27.4. The number of hydrogen-bond acceptors (Lipinski definition) is 3. The summed E-state index contributed by atoms with van der Waals surface area (Å²) in [7, 11) is 1.65. The van der Waals surface area contributed by atoms with Gasteiger partial charge in [0.1, 0.15) is 17.2 Å². The van der Waals surface area contributed by atoms with E-state index in [0.717, 1.165) is 45.0 Å². The minimum atomic E-state index is -0.978. The Bertz CT molecular complexity index is 1220. The summed E-state index contributed by atoms with van der Waals surface area (Å²) in [5, 5.41) is 10.9. The molecule has 4 nitrogen and oxygen atoms in total. The van der Waals surface area contributed by atoms with Gasteiger partial charge in [-0.05, 0) is 52.9 Å². The molecule has 148 valence electrons. The van der Waals surface area contributed by atoms with E-state index >= 15 is 0 Å². The summed E-state index contributed by atoms with van der Waals surface area (Å²) < 4.78 is 11.7. The Morgan fingerprint density at radius 2 is 1.67 bits per heavy atom. The van der Waals surface area contributed by atoms with E-state index in [4.69, 9.17) is 14.6 Å². The highest BCUT2D eigenvalue weighted by Crippen LogP contribution is 2.40. The third-order valence-electron chi connectivity index (χ3n) is 4.78. The van der Waals surface area contributed by atoms with Crippen molar-refractivity contribution in [1.82, 2.24) is 0 Å². The number of carboxylic acids is 1. The van der Waals surface area contributed by atoms with Crippen LogP contribution in [0.15, 0.2) is 91.0 Å². The first-order valence-electron chi connectivity index (χ1n) is 9.49. The van der Waals surface area contributed by atoms with Crippen LogP contribution in [0.3, 0.4) is 0 Å². The second-order valence-corrected chi connectivity index (χ2v) is 6.74. The molecule has 0 saturated carbocycles. The van der Waals surface area contributed by atoms with Gasteiger partial charge in [0.25, 0.3) is 0 Å². The predicted molar refractivity (Wildman–Crippen MR) is 119 cm³/mol. The molecule has 0 aliphatic heterocycles. The fraction of sp³-hybridized carbons (Fsp3) is 0.0385. The van der Waals surface area contributed by atoms with Crippen LogP contribution in [-0.2, 0) is 4.79 Å². The first-order valence-corrected chi connectivity index (χ1v) is 9.49. The fourth-order valence-corrected chi connectivity index (χ4v) is 3.30. The highest BCUT2D eigenvalue weighted by Gasteiger charge is 2.13. The van der Waals surface area contributed by atoms with E-state index < -0.39 is 5.97 Å². The minimum absolute atomic E-state index is 0.669. The van der Waals surface area contributed by atoms with Crippen molar-refractivity contribution in [3.05, 3.63) is 96.6 Å². The maximum absolute atomic E-state index is 10.7. The molecule has 0 unspecified atom stereocenters. The molecule has 0 bridgehead atoms. The molecule has 0 amide bonds. The van der Waals surface area contributed by atoms with E-state index in [2.05, 4.69) is 18.2 Å². The molecule has 0 aliphatic carbocycles. The van der Waals surface area contributed by atoms with E-state index in [1.165, 1.54) is 0 Å². The van der Waals surface area contributed by atoms with E-state index in [-0.39, 0.29) is 0 Å². The van der Waals surface area contributed by atoms with Crippen molar-refractivity contribution in [3.63, 3.8) is 0 Å². The van der Waals surface area contributed by atoms with Gasteiger partial charge in [0, 0.05) is 17.0 Å². The normalized spacial score (nSPS) is 11.0. The zero-order valence-electron chi connectivity index (χ0n) is 16.4. The average Bonchev–Trinajstić information content (AvgIpc) is 2.79. The van der Waals surface area contributed by atoms with E-state index in [0.29, 0.717) is 5.75 Å². The SMILES string of the molecule is COc1cccc(-c2ccc3ccccc3c2Oc2ccc(C=CC(=O)O)cc2)c1. The van der Waals surface area contributed by atoms with Crippen LogP contribution in [0.2, 0.25) is 0 Å². The molecule has 4 heteroatoms. The van der Waals surface area contributed by atoms with Gasteiger partial charge in [0.05, 0.1) is 7.11 Å². The molecule has 0 fully saturated rings. The lowest BCUT2D eigenvalue weighted by Crippen LogP contribution is -1.91. The van der Waals surface area contributed by atoms with Crippen molar-refractivity contribution in [1.29, 1.82) is 0 Å². The van der Waals surface area contributed by atoms with Crippen LogP contribution < -0.4 is 9.47 Å². The van der Waals surface area contributed by atoms with Crippen LogP contribution in [0.4, 0.5) is 0 Å². The maximum Gasteiger partial charge on any atom is 0.328 e. The Labute approximate surface area is 174 Å². The molecule has 0 spiro atoms. The molecule has 0 radical (unpaired) electrons. The van der Waals surface area contributed by atoms with Crippen molar-refractivity contribution in [2.24, 2.45) is 0 Å². The van der Waals surface area contributed by atoms with Gasteiger partial charge in [0.15, 0.2) is 0 Å². The summed E-state index contributed by atoms with van der Waals surface area (Å²) in [6.45, 7) is 0. The van der Waals surface area contributed by atoms with Crippen molar-refractivity contribution < 1.29 is 19.4 Å². The molecule has 0 saturated heterocycles. The van der Waals surface area contributed by atoms with Crippen LogP contribution in [0.5, 0.6) is 17.2 Å². The number of hydrogen-bond donors (Lipinski definition) is 1. The molecule has 0 atom stereocenters. The van der Waals surface area contributed by atoms with E-state index in [9.17, 15) is 4.79 Å². The lowest BCUT2D eigenvalue weighted by molar-refractivity contribution is -0.131. The zero-order valence-corrected chi connectivity index (χ0v) is 16.4.